The molecule has 0 heterocycles. The predicted molar refractivity (Wildman–Crippen MR) is 68.0 cm³/mol. The third-order valence-electron chi connectivity index (χ3n) is 4.01. The highest BCUT2D eigenvalue weighted by Crippen LogP contribution is 2.33. The van der Waals surface area contributed by atoms with Gasteiger partial charge in [0.05, 0.1) is 5.92 Å². The zero-order chi connectivity index (χ0) is 17.3. The van der Waals surface area contributed by atoms with Gasteiger partial charge in [0.25, 0.3) is 0 Å². The van der Waals surface area contributed by atoms with Crippen LogP contribution in [-0.2, 0) is 9.59 Å². The van der Waals surface area contributed by atoms with E-state index >= 15 is 0 Å². The Labute approximate surface area is 128 Å². The highest BCUT2D eigenvalue weighted by Gasteiger charge is 2.33. The molecule has 1 aromatic rings. The fraction of sp³-hybridized carbons (Fsp3) is 0.467. The molecule has 0 amide bonds. The molecular weight excluding hydrogens is 323 g/mol. The summed E-state index contributed by atoms with van der Waals surface area (Å²) >= 11 is 0. The van der Waals surface area contributed by atoms with Crippen molar-refractivity contribution in [3.05, 3.63) is 29.1 Å². The molecule has 0 N–H and O–H groups in total. The van der Waals surface area contributed by atoms with Gasteiger partial charge in [-0.1, -0.05) is 0 Å². The smallest absolute Gasteiger partial charge is 0.314 e. The number of benzene rings is 1. The SMILES string of the molecule is CC(=O)C1CCC(C(=O)Oc2c(F)c(F)c(F)c(F)c2F)CC1. The van der Waals surface area contributed by atoms with Crippen LogP contribution < -0.4 is 4.74 Å². The van der Waals surface area contributed by atoms with Crippen LogP contribution >= 0.6 is 0 Å². The first kappa shape index (κ1) is 17.4. The van der Waals surface area contributed by atoms with Crippen molar-refractivity contribution in [2.24, 2.45) is 11.8 Å². The second-order valence-electron chi connectivity index (χ2n) is 5.48. The van der Waals surface area contributed by atoms with Crippen LogP contribution in [0, 0.1) is 40.9 Å². The highest BCUT2D eigenvalue weighted by atomic mass is 19.2. The number of esters is 1. The molecule has 2 rings (SSSR count). The van der Waals surface area contributed by atoms with Crippen molar-refractivity contribution in [2.75, 3.05) is 0 Å². The monoisotopic (exact) mass is 336 g/mol. The van der Waals surface area contributed by atoms with E-state index in [9.17, 15) is 31.5 Å². The maximum Gasteiger partial charge on any atom is 0.314 e. The lowest BCUT2D eigenvalue weighted by molar-refractivity contribution is -0.141. The Morgan fingerprint density at radius 2 is 1.17 bits per heavy atom. The van der Waals surface area contributed by atoms with E-state index in [2.05, 4.69) is 4.74 Å². The Bertz CT molecular complexity index is 622. The molecule has 0 bridgehead atoms. The molecule has 1 aliphatic carbocycles. The summed E-state index contributed by atoms with van der Waals surface area (Å²) in [5, 5.41) is 0. The van der Waals surface area contributed by atoms with E-state index in [-0.39, 0.29) is 24.5 Å². The number of ketones is 1. The lowest BCUT2D eigenvalue weighted by Crippen LogP contribution is -2.28. The van der Waals surface area contributed by atoms with Gasteiger partial charge in [0.15, 0.2) is 0 Å². The van der Waals surface area contributed by atoms with Gasteiger partial charge in [-0.2, -0.15) is 8.78 Å². The Morgan fingerprint density at radius 1 is 0.783 bits per heavy atom. The van der Waals surface area contributed by atoms with Crippen molar-refractivity contribution in [3.8, 4) is 5.75 Å². The van der Waals surface area contributed by atoms with Crippen molar-refractivity contribution >= 4 is 11.8 Å². The van der Waals surface area contributed by atoms with E-state index in [1.165, 1.54) is 6.92 Å². The molecule has 3 nitrogen and oxygen atoms in total. The normalized spacial score (nSPS) is 21.1. The number of carbonyl (C=O) groups is 2. The molecule has 8 heteroatoms. The van der Waals surface area contributed by atoms with Gasteiger partial charge in [0.2, 0.25) is 34.8 Å². The molecule has 1 fully saturated rings. The van der Waals surface area contributed by atoms with Crippen LogP contribution in [0.1, 0.15) is 32.6 Å². The highest BCUT2D eigenvalue weighted by molar-refractivity contribution is 5.79. The molecule has 0 unspecified atom stereocenters. The van der Waals surface area contributed by atoms with Gasteiger partial charge < -0.3 is 4.74 Å². The molecule has 1 saturated carbocycles. The zero-order valence-electron chi connectivity index (χ0n) is 12.1. The number of carbonyl (C=O) groups excluding carboxylic acids is 2. The van der Waals surface area contributed by atoms with Gasteiger partial charge in [-0.25, -0.2) is 13.2 Å². The summed E-state index contributed by atoms with van der Waals surface area (Å²) in [6.45, 7) is 1.43. The van der Waals surface area contributed by atoms with Crippen LogP contribution in [0.2, 0.25) is 0 Å². The largest absolute Gasteiger partial charge is 0.420 e. The van der Waals surface area contributed by atoms with Crippen LogP contribution in [0.3, 0.4) is 0 Å². The Balaban J connectivity index is 2.14. The summed E-state index contributed by atoms with van der Waals surface area (Å²) in [7, 11) is 0. The molecule has 0 radical (unpaired) electrons. The number of ether oxygens (including phenoxy) is 1. The van der Waals surface area contributed by atoms with Gasteiger partial charge in [-0.3, -0.25) is 9.59 Å². The topological polar surface area (TPSA) is 43.4 Å². The molecule has 126 valence electrons. The number of halogens is 5. The summed E-state index contributed by atoms with van der Waals surface area (Å²) in [6.07, 6.45) is 1.31. The van der Waals surface area contributed by atoms with E-state index in [1.54, 1.807) is 0 Å². The third kappa shape index (κ3) is 3.35. The van der Waals surface area contributed by atoms with E-state index in [1.807, 2.05) is 0 Å². The fourth-order valence-corrected chi connectivity index (χ4v) is 2.59. The maximum atomic E-state index is 13.5. The van der Waals surface area contributed by atoms with Crippen LogP contribution in [0.25, 0.3) is 0 Å². The first-order chi connectivity index (χ1) is 10.7. The summed E-state index contributed by atoms with van der Waals surface area (Å²) in [4.78, 5) is 23.1. The number of Topliss-reactive ketones (excluding diaryl/α,β-unsaturated/α-hetero) is 1. The van der Waals surface area contributed by atoms with E-state index < -0.39 is 46.7 Å². The van der Waals surface area contributed by atoms with Gasteiger partial charge in [-0.15, -0.1) is 0 Å². The summed E-state index contributed by atoms with van der Waals surface area (Å²) in [5.74, 6) is -14.7. The van der Waals surface area contributed by atoms with Crippen molar-refractivity contribution in [1.29, 1.82) is 0 Å². The first-order valence-electron chi connectivity index (χ1n) is 6.97. The lowest BCUT2D eigenvalue weighted by atomic mass is 9.80. The second-order valence-corrected chi connectivity index (χ2v) is 5.48. The second kappa shape index (κ2) is 6.64. The summed E-state index contributed by atoms with van der Waals surface area (Å²) in [6, 6.07) is 0. The molecule has 0 atom stereocenters. The first-order valence-corrected chi connectivity index (χ1v) is 6.97. The Hall–Kier alpha value is -1.99. The molecule has 1 aromatic carbocycles. The van der Waals surface area contributed by atoms with Crippen LogP contribution in [0.15, 0.2) is 0 Å². The van der Waals surface area contributed by atoms with Crippen LogP contribution in [0.5, 0.6) is 5.75 Å². The molecule has 0 aliphatic heterocycles. The molecular formula is C15H13F5O3. The van der Waals surface area contributed by atoms with Crippen molar-refractivity contribution in [1.82, 2.24) is 0 Å². The van der Waals surface area contributed by atoms with E-state index in [0.29, 0.717) is 12.8 Å². The standard InChI is InChI=1S/C15H13F5O3/c1-6(21)7-2-4-8(5-3-7)15(22)23-14-12(19)10(17)9(16)11(18)13(14)20/h7-8H,2-5H2,1H3. The minimum absolute atomic E-state index is 0.0171. The number of hydrogen-bond acceptors (Lipinski definition) is 3. The average molecular weight is 336 g/mol. The molecule has 0 aromatic heterocycles. The number of rotatable bonds is 3. The Morgan fingerprint density at radius 3 is 1.61 bits per heavy atom. The molecule has 0 spiro atoms. The quantitative estimate of drug-likeness (QED) is 0.278. The molecule has 23 heavy (non-hydrogen) atoms. The summed E-state index contributed by atoms with van der Waals surface area (Å²) in [5.41, 5.74) is 0. The number of hydrogen-bond donors (Lipinski definition) is 0. The predicted octanol–water partition coefficient (Wildman–Crippen LogP) is 3.68. The van der Waals surface area contributed by atoms with Crippen molar-refractivity contribution < 1.29 is 36.3 Å². The summed E-state index contributed by atoms with van der Waals surface area (Å²) < 4.78 is 70.3. The van der Waals surface area contributed by atoms with Crippen LogP contribution in [-0.4, -0.2) is 11.8 Å². The van der Waals surface area contributed by atoms with Crippen molar-refractivity contribution in [2.45, 2.75) is 32.6 Å². The molecule has 0 saturated heterocycles. The van der Waals surface area contributed by atoms with E-state index in [4.69, 9.17) is 0 Å². The van der Waals surface area contributed by atoms with Gasteiger partial charge >= 0.3 is 5.97 Å². The van der Waals surface area contributed by atoms with Gasteiger partial charge in [0.1, 0.15) is 5.78 Å². The third-order valence-corrected chi connectivity index (χ3v) is 4.01. The maximum absolute atomic E-state index is 13.5. The van der Waals surface area contributed by atoms with Gasteiger partial charge in [-0.05, 0) is 32.6 Å². The van der Waals surface area contributed by atoms with Crippen LogP contribution in [0.4, 0.5) is 22.0 Å². The minimum atomic E-state index is -2.32. The average Bonchev–Trinajstić information content (AvgIpc) is 2.55. The van der Waals surface area contributed by atoms with Crippen molar-refractivity contribution in [3.63, 3.8) is 0 Å². The zero-order valence-corrected chi connectivity index (χ0v) is 12.1. The molecule has 1 aliphatic rings. The minimum Gasteiger partial charge on any atom is -0.420 e. The van der Waals surface area contributed by atoms with Gasteiger partial charge in [0, 0.05) is 5.92 Å². The Kier molecular flexibility index (Phi) is 5.01. The van der Waals surface area contributed by atoms with E-state index in [0.717, 1.165) is 0 Å². The lowest BCUT2D eigenvalue weighted by Gasteiger charge is -2.25. The fourth-order valence-electron chi connectivity index (χ4n) is 2.59.